The SMILES string of the molecule is CCc1nccn1-c1cccc([C@H]2CCCN(C3CCCC3)C2)n1. The van der Waals surface area contributed by atoms with E-state index < -0.39 is 0 Å². The van der Waals surface area contributed by atoms with Crippen LogP contribution in [0, 0.1) is 0 Å². The van der Waals surface area contributed by atoms with Crippen LogP contribution in [-0.2, 0) is 6.42 Å². The molecule has 0 aromatic carbocycles. The lowest BCUT2D eigenvalue weighted by atomic mass is 9.93. The third-order valence-electron chi connectivity index (χ3n) is 5.75. The molecule has 0 bridgehead atoms. The molecular formula is C20H28N4. The van der Waals surface area contributed by atoms with Gasteiger partial charge in [0.15, 0.2) is 0 Å². The molecule has 4 rings (SSSR count). The number of aryl methyl sites for hydroxylation is 1. The fraction of sp³-hybridized carbons (Fsp3) is 0.600. The maximum absolute atomic E-state index is 5.00. The van der Waals surface area contributed by atoms with E-state index in [1.807, 2.05) is 12.4 Å². The summed E-state index contributed by atoms with van der Waals surface area (Å²) in [4.78, 5) is 12.2. The lowest BCUT2D eigenvalue weighted by molar-refractivity contribution is 0.149. The summed E-state index contributed by atoms with van der Waals surface area (Å²) < 4.78 is 2.13. The number of likely N-dealkylation sites (tertiary alicyclic amines) is 1. The number of nitrogens with zero attached hydrogens (tertiary/aromatic N) is 4. The molecule has 128 valence electrons. The summed E-state index contributed by atoms with van der Waals surface area (Å²) in [6.45, 7) is 4.61. The molecule has 0 amide bonds. The Balaban J connectivity index is 1.54. The molecule has 1 saturated heterocycles. The minimum atomic E-state index is 0.577. The van der Waals surface area contributed by atoms with Crippen LogP contribution in [0.15, 0.2) is 30.6 Å². The molecule has 4 heteroatoms. The van der Waals surface area contributed by atoms with Crippen LogP contribution < -0.4 is 0 Å². The first-order chi connectivity index (χ1) is 11.8. The second kappa shape index (κ2) is 7.06. The standard InChI is InChI=1S/C20H28N4/c1-2-19-21-12-14-24(19)20-11-5-10-18(22-20)16-7-6-13-23(15-16)17-8-3-4-9-17/h5,10-12,14,16-17H,2-4,6-9,13,15H2,1H3/t16-/m0/s1. The Morgan fingerprint density at radius 1 is 1.12 bits per heavy atom. The molecule has 3 heterocycles. The molecule has 2 aromatic heterocycles. The van der Waals surface area contributed by atoms with E-state index in [0.717, 1.165) is 24.1 Å². The largest absolute Gasteiger partial charge is 0.300 e. The van der Waals surface area contributed by atoms with Crippen LogP contribution in [0.3, 0.4) is 0 Å². The van der Waals surface area contributed by atoms with Crippen molar-refractivity contribution in [3.05, 3.63) is 42.1 Å². The number of pyridine rings is 1. The zero-order valence-electron chi connectivity index (χ0n) is 14.7. The Bertz CT molecular complexity index is 672. The molecule has 2 aromatic rings. The van der Waals surface area contributed by atoms with Crippen molar-refractivity contribution in [2.75, 3.05) is 13.1 Å². The van der Waals surface area contributed by atoms with E-state index in [-0.39, 0.29) is 0 Å². The second-order valence-corrected chi connectivity index (χ2v) is 7.26. The number of aromatic nitrogens is 3. The summed E-state index contributed by atoms with van der Waals surface area (Å²) in [5.74, 6) is 2.67. The van der Waals surface area contributed by atoms with Crippen LogP contribution in [0.1, 0.15) is 62.9 Å². The van der Waals surface area contributed by atoms with E-state index in [1.54, 1.807) is 0 Å². The summed E-state index contributed by atoms with van der Waals surface area (Å²) in [6.07, 6.45) is 13.0. The molecule has 1 aliphatic heterocycles. The van der Waals surface area contributed by atoms with Gasteiger partial charge in [0.05, 0.1) is 0 Å². The molecule has 4 nitrogen and oxygen atoms in total. The molecule has 24 heavy (non-hydrogen) atoms. The van der Waals surface area contributed by atoms with Gasteiger partial charge in [0.1, 0.15) is 11.6 Å². The van der Waals surface area contributed by atoms with E-state index in [0.29, 0.717) is 5.92 Å². The highest BCUT2D eigenvalue weighted by Gasteiger charge is 2.29. The van der Waals surface area contributed by atoms with Gasteiger partial charge in [-0.05, 0) is 44.4 Å². The van der Waals surface area contributed by atoms with Crippen molar-refractivity contribution >= 4 is 0 Å². The van der Waals surface area contributed by atoms with Gasteiger partial charge in [-0.25, -0.2) is 9.97 Å². The molecule has 1 atom stereocenters. The number of hydrogen-bond acceptors (Lipinski definition) is 3. The molecule has 0 unspecified atom stereocenters. The Labute approximate surface area is 144 Å². The zero-order chi connectivity index (χ0) is 16.4. The maximum Gasteiger partial charge on any atom is 0.138 e. The van der Waals surface area contributed by atoms with Crippen molar-refractivity contribution in [3.63, 3.8) is 0 Å². The highest BCUT2D eigenvalue weighted by molar-refractivity contribution is 5.28. The lowest BCUT2D eigenvalue weighted by Crippen LogP contribution is -2.40. The third-order valence-corrected chi connectivity index (χ3v) is 5.75. The number of imidazole rings is 1. The van der Waals surface area contributed by atoms with Crippen LogP contribution in [-0.4, -0.2) is 38.6 Å². The van der Waals surface area contributed by atoms with Gasteiger partial charge in [0.2, 0.25) is 0 Å². The van der Waals surface area contributed by atoms with Gasteiger partial charge in [0.25, 0.3) is 0 Å². The van der Waals surface area contributed by atoms with E-state index >= 15 is 0 Å². The quantitative estimate of drug-likeness (QED) is 0.854. The summed E-state index contributed by atoms with van der Waals surface area (Å²) in [5, 5.41) is 0. The first-order valence-corrected chi connectivity index (χ1v) is 9.58. The summed E-state index contributed by atoms with van der Waals surface area (Å²) in [7, 11) is 0. The Morgan fingerprint density at radius 2 is 2.00 bits per heavy atom. The molecular weight excluding hydrogens is 296 g/mol. The highest BCUT2D eigenvalue weighted by Crippen LogP contribution is 2.31. The number of rotatable bonds is 4. The van der Waals surface area contributed by atoms with Gasteiger partial charge in [-0.15, -0.1) is 0 Å². The summed E-state index contributed by atoms with van der Waals surface area (Å²) in [5.41, 5.74) is 1.26. The molecule has 1 aliphatic carbocycles. The van der Waals surface area contributed by atoms with Crippen LogP contribution in [0.4, 0.5) is 0 Å². The molecule has 2 aliphatic rings. The number of piperidine rings is 1. The molecule has 1 saturated carbocycles. The number of hydrogen-bond donors (Lipinski definition) is 0. The van der Waals surface area contributed by atoms with E-state index in [2.05, 4.69) is 39.6 Å². The second-order valence-electron chi connectivity index (χ2n) is 7.26. The van der Waals surface area contributed by atoms with Gasteiger partial charge in [-0.2, -0.15) is 0 Å². The van der Waals surface area contributed by atoms with Crippen LogP contribution in [0.25, 0.3) is 5.82 Å². The van der Waals surface area contributed by atoms with E-state index in [1.165, 1.54) is 57.3 Å². The highest BCUT2D eigenvalue weighted by atomic mass is 15.2. The van der Waals surface area contributed by atoms with Gasteiger partial charge >= 0.3 is 0 Å². The topological polar surface area (TPSA) is 34.0 Å². The summed E-state index contributed by atoms with van der Waals surface area (Å²) in [6, 6.07) is 7.30. The van der Waals surface area contributed by atoms with Gasteiger partial charge in [0, 0.05) is 43.0 Å². The fourth-order valence-corrected chi connectivity index (χ4v) is 4.45. The molecule has 0 spiro atoms. The van der Waals surface area contributed by atoms with E-state index in [9.17, 15) is 0 Å². The monoisotopic (exact) mass is 324 g/mol. The smallest absolute Gasteiger partial charge is 0.138 e. The third kappa shape index (κ3) is 3.12. The molecule has 2 fully saturated rings. The molecule has 0 N–H and O–H groups in total. The van der Waals surface area contributed by atoms with E-state index in [4.69, 9.17) is 4.98 Å². The van der Waals surface area contributed by atoms with Crippen molar-refractivity contribution in [2.45, 2.75) is 63.8 Å². The fourth-order valence-electron chi connectivity index (χ4n) is 4.45. The first kappa shape index (κ1) is 15.8. The van der Waals surface area contributed by atoms with Crippen molar-refractivity contribution < 1.29 is 0 Å². The lowest BCUT2D eigenvalue weighted by Gasteiger charge is -2.36. The predicted molar refractivity (Wildman–Crippen MR) is 96.5 cm³/mol. The van der Waals surface area contributed by atoms with Gasteiger partial charge in [-0.3, -0.25) is 9.47 Å². The van der Waals surface area contributed by atoms with Gasteiger partial charge in [-0.1, -0.05) is 25.8 Å². The van der Waals surface area contributed by atoms with Crippen molar-refractivity contribution in [1.29, 1.82) is 0 Å². The first-order valence-electron chi connectivity index (χ1n) is 9.58. The summed E-state index contributed by atoms with van der Waals surface area (Å²) >= 11 is 0. The minimum absolute atomic E-state index is 0.577. The van der Waals surface area contributed by atoms with Crippen LogP contribution >= 0.6 is 0 Å². The Hall–Kier alpha value is -1.68. The maximum atomic E-state index is 5.00. The zero-order valence-corrected chi connectivity index (χ0v) is 14.7. The predicted octanol–water partition coefficient (Wildman–Crippen LogP) is 3.95. The Kier molecular flexibility index (Phi) is 4.65. The minimum Gasteiger partial charge on any atom is -0.300 e. The Morgan fingerprint density at radius 3 is 2.83 bits per heavy atom. The normalized spacial score (nSPS) is 23.0. The average Bonchev–Trinajstić information content (AvgIpc) is 3.33. The van der Waals surface area contributed by atoms with Crippen LogP contribution in [0.2, 0.25) is 0 Å². The average molecular weight is 324 g/mol. The van der Waals surface area contributed by atoms with Crippen molar-refractivity contribution in [2.24, 2.45) is 0 Å². The van der Waals surface area contributed by atoms with Gasteiger partial charge < -0.3 is 0 Å². The van der Waals surface area contributed by atoms with Crippen LogP contribution in [0.5, 0.6) is 0 Å². The van der Waals surface area contributed by atoms with Crippen molar-refractivity contribution in [1.82, 2.24) is 19.4 Å². The van der Waals surface area contributed by atoms with Crippen molar-refractivity contribution in [3.8, 4) is 5.82 Å². The molecule has 0 radical (unpaired) electrons.